The van der Waals surface area contributed by atoms with Crippen molar-refractivity contribution in [1.82, 2.24) is 15.1 Å². The number of nitrogens with zero attached hydrogens (tertiary/aromatic N) is 2. The maximum Gasteiger partial charge on any atom is 0.416 e. The fraction of sp³-hybridized carbons (Fsp3) is 0.211. The number of hydrogen-bond donors (Lipinski definition) is 3. The number of alkyl halides is 3. The number of allylic oxidation sites excluding steroid dienone is 3. The Morgan fingerprint density at radius 3 is 2.62 bits per heavy atom. The molecule has 1 aliphatic rings. The van der Waals surface area contributed by atoms with Gasteiger partial charge in [-0.15, -0.1) is 5.10 Å². The van der Waals surface area contributed by atoms with Crippen LogP contribution in [-0.2, 0) is 6.18 Å². The second-order valence-corrected chi connectivity index (χ2v) is 6.71. The van der Waals surface area contributed by atoms with Crippen LogP contribution in [0.2, 0.25) is 0 Å². The Labute approximate surface area is 169 Å². The van der Waals surface area contributed by atoms with E-state index in [0.717, 1.165) is 22.5 Å². The Kier molecular flexibility index (Phi) is 5.52. The molecule has 3 rings (SSSR count). The van der Waals surface area contributed by atoms with Crippen LogP contribution in [0.4, 0.5) is 13.2 Å². The third-order valence-electron chi connectivity index (χ3n) is 4.30. The Morgan fingerprint density at radius 2 is 2.00 bits per heavy atom. The molecule has 0 amide bonds. The Hall–Kier alpha value is -3.07. The number of benzene rings is 1. The maximum atomic E-state index is 13.3. The quantitative estimate of drug-likeness (QED) is 0.505. The van der Waals surface area contributed by atoms with Gasteiger partial charge in [0.05, 0.1) is 5.56 Å². The summed E-state index contributed by atoms with van der Waals surface area (Å²) in [4.78, 5) is 0. The number of dihydropyridines is 1. The zero-order valence-electron chi connectivity index (χ0n) is 15.5. The van der Waals surface area contributed by atoms with Gasteiger partial charge in [0.2, 0.25) is 11.2 Å². The van der Waals surface area contributed by atoms with E-state index in [0.29, 0.717) is 23.2 Å². The lowest BCUT2D eigenvalue weighted by atomic mass is 9.98. The first-order valence-electron chi connectivity index (χ1n) is 8.48. The smallest absolute Gasteiger partial charge is 0.416 e. The molecule has 0 aliphatic carbocycles. The average Bonchev–Trinajstić information content (AvgIpc) is 2.64. The molecule has 0 spiro atoms. The number of nitrogens with one attached hydrogen (secondary N) is 3. The number of ether oxygens (including phenoxy) is 1. The van der Waals surface area contributed by atoms with Crippen molar-refractivity contribution in [2.24, 2.45) is 0 Å². The SMILES string of the molecule is CC1=C(c2ccc(C(F)(F)F)cc2Oc2cc(C)c(=N)n(C(=N)Cl)n2)C=CCN1. The van der Waals surface area contributed by atoms with Crippen LogP contribution < -0.4 is 15.5 Å². The lowest BCUT2D eigenvalue weighted by Gasteiger charge is -2.19. The van der Waals surface area contributed by atoms with E-state index >= 15 is 0 Å². The van der Waals surface area contributed by atoms with Gasteiger partial charge in [-0.2, -0.15) is 17.9 Å². The number of aromatic nitrogens is 2. The molecule has 0 saturated carbocycles. The van der Waals surface area contributed by atoms with Crippen LogP contribution in [0, 0.1) is 17.7 Å². The molecule has 1 aromatic carbocycles. The van der Waals surface area contributed by atoms with Gasteiger partial charge in [-0.05, 0) is 49.2 Å². The van der Waals surface area contributed by atoms with Crippen LogP contribution in [-0.4, -0.2) is 21.6 Å². The minimum atomic E-state index is -4.55. The van der Waals surface area contributed by atoms with Gasteiger partial charge >= 0.3 is 6.18 Å². The fourth-order valence-corrected chi connectivity index (χ4v) is 2.93. The topological polar surface area (TPSA) is 86.8 Å². The zero-order chi connectivity index (χ0) is 21.3. The van der Waals surface area contributed by atoms with Crippen molar-refractivity contribution < 1.29 is 17.9 Å². The van der Waals surface area contributed by atoms with Crippen LogP contribution in [0.5, 0.6) is 11.6 Å². The van der Waals surface area contributed by atoms with E-state index in [1.165, 1.54) is 12.1 Å². The molecule has 0 radical (unpaired) electrons. The van der Waals surface area contributed by atoms with Gasteiger partial charge in [0.1, 0.15) is 5.75 Å². The third kappa shape index (κ3) is 4.34. The zero-order valence-corrected chi connectivity index (χ0v) is 16.2. The minimum absolute atomic E-state index is 0.0557. The summed E-state index contributed by atoms with van der Waals surface area (Å²) in [6, 6.07) is 4.64. The third-order valence-corrected chi connectivity index (χ3v) is 4.46. The molecule has 10 heteroatoms. The number of halogens is 4. The first kappa shape index (κ1) is 20.7. The van der Waals surface area contributed by atoms with E-state index in [-0.39, 0.29) is 17.1 Å². The van der Waals surface area contributed by atoms with Gasteiger partial charge in [-0.1, -0.05) is 12.2 Å². The monoisotopic (exact) mass is 423 g/mol. The highest BCUT2D eigenvalue weighted by Gasteiger charge is 2.32. The van der Waals surface area contributed by atoms with Gasteiger partial charge in [-0.25, -0.2) is 0 Å². The second-order valence-electron chi connectivity index (χ2n) is 6.35. The highest BCUT2D eigenvalue weighted by molar-refractivity contribution is 6.64. The normalized spacial score (nSPS) is 14.0. The molecular formula is C19H17ClF3N5O. The predicted molar refractivity (Wildman–Crippen MR) is 103 cm³/mol. The Morgan fingerprint density at radius 1 is 1.28 bits per heavy atom. The van der Waals surface area contributed by atoms with Crippen molar-refractivity contribution in [3.8, 4) is 11.6 Å². The molecule has 0 fully saturated rings. The van der Waals surface area contributed by atoms with Gasteiger partial charge in [-0.3, -0.25) is 10.8 Å². The molecule has 6 nitrogen and oxygen atoms in total. The predicted octanol–water partition coefficient (Wildman–Crippen LogP) is 4.39. The standard InChI is InChI=1S/C19H17ClF3N5O/c1-10-8-16(27-28(17(10)24)18(20)25)29-15-9-12(19(21,22)23)5-6-14(15)13-4-3-7-26-11(13)2/h3-6,8-9,24-26H,7H2,1-2H3. The van der Waals surface area contributed by atoms with E-state index in [9.17, 15) is 13.2 Å². The van der Waals surface area contributed by atoms with Crippen LogP contribution in [0.1, 0.15) is 23.6 Å². The number of hydrogen-bond acceptors (Lipinski definition) is 5. The lowest BCUT2D eigenvalue weighted by Crippen LogP contribution is -2.28. The Balaban J connectivity index is 2.16. The van der Waals surface area contributed by atoms with Crippen molar-refractivity contribution in [3.63, 3.8) is 0 Å². The largest absolute Gasteiger partial charge is 0.437 e. The molecule has 0 bridgehead atoms. The summed E-state index contributed by atoms with van der Waals surface area (Å²) in [5.74, 6) is -0.143. The summed E-state index contributed by atoms with van der Waals surface area (Å²) >= 11 is 5.65. The van der Waals surface area contributed by atoms with E-state index in [1.54, 1.807) is 6.92 Å². The molecule has 1 aliphatic heterocycles. The van der Waals surface area contributed by atoms with Gasteiger partial charge < -0.3 is 10.1 Å². The molecule has 1 aromatic heterocycles. The highest BCUT2D eigenvalue weighted by atomic mass is 35.5. The summed E-state index contributed by atoms with van der Waals surface area (Å²) in [6.07, 6.45) is -0.890. The fourth-order valence-electron chi connectivity index (χ4n) is 2.81. The number of aryl methyl sites for hydroxylation is 1. The van der Waals surface area contributed by atoms with Crippen molar-refractivity contribution in [1.29, 1.82) is 10.8 Å². The summed E-state index contributed by atoms with van der Waals surface area (Å²) in [5.41, 5.74) is 1.32. The minimum Gasteiger partial charge on any atom is -0.437 e. The molecule has 0 unspecified atom stereocenters. The molecule has 0 saturated heterocycles. The molecular weight excluding hydrogens is 407 g/mol. The summed E-state index contributed by atoms with van der Waals surface area (Å²) in [5, 5.41) is 21.9. The van der Waals surface area contributed by atoms with Crippen LogP contribution in [0.15, 0.2) is 42.1 Å². The van der Waals surface area contributed by atoms with Crippen molar-refractivity contribution in [3.05, 3.63) is 64.3 Å². The van der Waals surface area contributed by atoms with Crippen molar-refractivity contribution in [2.75, 3.05) is 6.54 Å². The Bertz CT molecular complexity index is 1100. The highest BCUT2D eigenvalue weighted by Crippen LogP contribution is 2.38. The summed E-state index contributed by atoms with van der Waals surface area (Å²) in [6.45, 7) is 4.02. The first-order valence-corrected chi connectivity index (χ1v) is 8.86. The molecule has 29 heavy (non-hydrogen) atoms. The van der Waals surface area contributed by atoms with Gasteiger partial charge in [0.15, 0.2) is 5.49 Å². The molecule has 3 N–H and O–H groups in total. The molecule has 152 valence electrons. The van der Waals surface area contributed by atoms with Crippen molar-refractivity contribution >= 4 is 22.5 Å². The average molecular weight is 424 g/mol. The van der Waals surface area contributed by atoms with E-state index in [4.69, 9.17) is 27.2 Å². The van der Waals surface area contributed by atoms with E-state index in [1.807, 2.05) is 19.1 Å². The van der Waals surface area contributed by atoms with E-state index in [2.05, 4.69) is 10.4 Å². The van der Waals surface area contributed by atoms with Crippen LogP contribution in [0.25, 0.3) is 5.57 Å². The van der Waals surface area contributed by atoms with Crippen LogP contribution >= 0.6 is 11.6 Å². The van der Waals surface area contributed by atoms with Gasteiger partial charge in [0, 0.05) is 29.4 Å². The second kappa shape index (κ2) is 7.75. The maximum absolute atomic E-state index is 13.3. The van der Waals surface area contributed by atoms with Crippen LogP contribution in [0.3, 0.4) is 0 Å². The molecule has 2 aromatic rings. The van der Waals surface area contributed by atoms with E-state index < -0.39 is 17.0 Å². The molecule has 2 heterocycles. The molecule has 0 atom stereocenters. The van der Waals surface area contributed by atoms with Crippen molar-refractivity contribution in [2.45, 2.75) is 20.0 Å². The summed E-state index contributed by atoms with van der Waals surface area (Å²) in [7, 11) is 0. The van der Waals surface area contributed by atoms with Gasteiger partial charge in [0.25, 0.3) is 0 Å². The lowest BCUT2D eigenvalue weighted by molar-refractivity contribution is -0.137. The number of rotatable bonds is 3. The first-order chi connectivity index (χ1) is 13.6. The summed E-state index contributed by atoms with van der Waals surface area (Å²) < 4.78 is 46.3.